The van der Waals surface area contributed by atoms with Gasteiger partial charge in [-0.05, 0) is 37.5 Å². The molecule has 0 bridgehead atoms. The third kappa shape index (κ3) is 3.50. The first-order chi connectivity index (χ1) is 12.5. The number of aryl methyl sites for hydroxylation is 1. The largest absolute Gasteiger partial charge is 0.465 e. The monoisotopic (exact) mass is 355 g/mol. The molecule has 1 aromatic carbocycles. The number of hydrogen-bond acceptors (Lipinski definition) is 7. The number of aliphatic hydroxyl groups is 1. The molecular formula is C18H21N5O3. The highest BCUT2D eigenvalue weighted by Gasteiger charge is 2.21. The Morgan fingerprint density at radius 1 is 1.35 bits per heavy atom. The van der Waals surface area contributed by atoms with E-state index in [0.717, 1.165) is 5.56 Å². The molecule has 3 N–H and O–H groups in total. The average Bonchev–Trinajstić information content (AvgIpc) is 3.06. The van der Waals surface area contributed by atoms with Crippen molar-refractivity contribution in [3.05, 3.63) is 48.0 Å². The maximum Gasteiger partial charge on any atom is 0.337 e. The lowest BCUT2D eigenvalue weighted by molar-refractivity contribution is 0.0600. The Morgan fingerprint density at radius 2 is 2.15 bits per heavy atom. The van der Waals surface area contributed by atoms with Gasteiger partial charge in [-0.25, -0.2) is 19.7 Å². The normalized spacial score (nSPS) is 13.5. The van der Waals surface area contributed by atoms with Gasteiger partial charge in [-0.2, -0.15) is 0 Å². The van der Waals surface area contributed by atoms with Crippen LogP contribution in [-0.2, 0) is 11.2 Å². The number of ether oxygens (including phenoxy) is 1. The van der Waals surface area contributed by atoms with Crippen molar-refractivity contribution in [2.45, 2.75) is 31.9 Å². The van der Waals surface area contributed by atoms with Crippen LogP contribution in [0.15, 0.2) is 36.9 Å². The summed E-state index contributed by atoms with van der Waals surface area (Å²) in [5, 5.41) is 10.3. The van der Waals surface area contributed by atoms with E-state index in [4.69, 9.17) is 10.5 Å². The number of rotatable bonds is 6. The van der Waals surface area contributed by atoms with Crippen LogP contribution >= 0.6 is 0 Å². The van der Waals surface area contributed by atoms with E-state index in [2.05, 4.69) is 15.0 Å². The first kappa shape index (κ1) is 17.8. The van der Waals surface area contributed by atoms with Gasteiger partial charge in [0.05, 0.1) is 31.1 Å². The van der Waals surface area contributed by atoms with E-state index in [1.165, 1.54) is 13.4 Å². The molecule has 0 spiro atoms. The quantitative estimate of drug-likeness (QED) is 0.647. The van der Waals surface area contributed by atoms with Gasteiger partial charge in [-0.3, -0.25) is 0 Å². The summed E-state index contributed by atoms with van der Waals surface area (Å²) < 4.78 is 6.58. The zero-order valence-electron chi connectivity index (χ0n) is 14.7. The minimum Gasteiger partial charge on any atom is -0.465 e. The molecule has 0 amide bonds. The Hall–Kier alpha value is -3.00. The van der Waals surface area contributed by atoms with Gasteiger partial charge in [0.25, 0.3) is 0 Å². The molecule has 8 nitrogen and oxygen atoms in total. The lowest BCUT2D eigenvalue weighted by atomic mass is 10.0. The number of nitrogens with zero attached hydrogens (tertiary/aromatic N) is 4. The van der Waals surface area contributed by atoms with Crippen molar-refractivity contribution in [2.24, 2.45) is 0 Å². The summed E-state index contributed by atoms with van der Waals surface area (Å²) in [5.74, 6) is -0.0597. The number of carbonyl (C=O) groups is 1. The Balaban J connectivity index is 1.84. The number of aliphatic hydroxyl groups excluding tert-OH is 1. The van der Waals surface area contributed by atoms with Crippen molar-refractivity contribution in [3.8, 4) is 0 Å². The second-order valence-corrected chi connectivity index (χ2v) is 6.12. The average molecular weight is 355 g/mol. The molecule has 2 aromatic heterocycles. The van der Waals surface area contributed by atoms with Gasteiger partial charge < -0.3 is 20.1 Å². The van der Waals surface area contributed by atoms with Crippen LogP contribution in [0, 0.1) is 0 Å². The molecule has 3 aromatic rings. The first-order valence-corrected chi connectivity index (χ1v) is 8.29. The van der Waals surface area contributed by atoms with Crippen LogP contribution in [0.1, 0.15) is 35.3 Å². The van der Waals surface area contributed by atoms with Crippen molar-refractivity contribution in [2.75, 3.05) is 12.8 Å². The Bertz CT molecular complexity index is 922. The lowest BCUT2D eigenvalue weighted by Gasteiger charge is -2.22. The second-order valence-electron chi connectivity index (χ2n) is 6.12. The van der Waals surface area contributed by atoms with Crippen molar-refractivity contribution in [1.29, 1.82) is 0 Å². The SMILES string of the molecule is COC(=O)c1cccc(CC[C@H]([C@H](C)O)n2cnc3c(N)ncnc32)c1. The van der Waals surface area contributed by atoms with Gasteiger partial charge in [0.15, 0.2) is 11.5 Å². The molecule has 0 saturated heterocycles. The van der Waals surface area contributed by atoms with Crippen molar-refractivity contribution < 1.29 is 14.6 Å². The third-order valence-electron chi connectivity index (χ3n) is 4.38. The number of methoxy groups -OCH3 is 1. The standard InChI is InChI=1S/C18H21N5O3/c1-11(24)14(23-10-22-15-16(19)20-9-21-17(15)23)7-6-12-4-3-5-13(8-12)18(25)26-2/h3-5,8-11,14,24H,6-7H2,1-2H3,(H2,19,20,21)/t11-,14+/m0/s1. The zero-order chi connectivity index (χ0) is 18.7. The zero-order valence-corrected chi connectivity index (χ0v) is 14.7. The van der Waals surface area contributed by atoms with E-state index < -0.39 is 6.10 Å². The molecule has 26 heavy (non-hydrogen) atoms. The summed E-state index contributed by atoms with van der Waals surface area (Å²) in [7, 11) is 1.36. The number of carbonyl (C=O) groups excluding carboxylic acids is 1. The highest BCUT2D eigenvalue weighted by atomic mass is 16.5. The maximum absolute atomic E-state index is 11.7. The highest BCUT2D eigenvalue weighted by molar-refractivity contribution is 5.89. The summed E-state index contributed by atoms with van der Waals surface area (Å²) in [5.41, 5.74) is 8.43. The Labute approximate surface area is 150 Å². The van der Waals surface area contributed by atoms with Crippen LogP contribution in [0.25, 0.3) is 11.2 Å². The van der Waals surface area contributed by atoms with Gasteiger partial charge in [0.1, 0.15) is 11.8 Å². The number of benzene rings is 1. The van der Waals surface area contributed by atoms with Crippen molar-refractivity contribution in [1.82, 2.24) is 19.5 Å². The molecule has 8 heteroatoms. The van der Waals surface area contributed by atoms with E-state index in [1.807, 2.05) is 16.7 Å². The molecule has 0 aliphatic heterocycles. The molecule has 0 aliphatic rings. The van der Waals surface area contributed by atoms with Crippen LogP contribution in [0.4, 0.5) is 5.82 Å². The number of esters is 1. The van der Waals surface area contributed by atoms with Gasteiger partial charge in [-0.1, -0.05) is 12.1 Å². The van der Waals surface area contributed by atoms with E-state index in [-0.39, 0.29) is 12.0 Å². The predicted molar refractivity (Wildman–Crippen MR) is 96.6 cm³/mol. The van der Waals surface area contributed by atoms with Crippen LogP contribution in [0.3, 0.4) is 0 Å². The minimum absolute atomic E-state index is 0.240. The molecule has 0 radical (unpaired) electrons. The number of imidazole rings is 1. The third-order valence-corrected chi connectivity index (χ3v) is 4.38. The smallest absolute Gasteiger partial charge is 0.337 e. The van der Waals surface area contributed by atoms with Crippen molar-refractivity contribution >= 4 is 23.0 Å². The van der Waals surface area contributed by atoms with E-state index >= 15 is 0 Å². The fourth-order valence-corrected chi connectivity index (χ4v) is 3.01. The molecular weight excluding hydrogens is 334 g/mol. The van der Waals surface area contributed by atoms with Crippen LogP contribution < -0.4 is 5.73 Å². The number of nitrogen functional groups attached to an aromatic ring is 1. The van der Waals surface area contributed by atoms with E-state index in [0.29, 0.717) is 35.4 Å². The van der Waals surface area contributed by atoms with Gasteiger partial charge in [-0.15, -0.1) is 0 Å². The van der Waals surface area contributed by atoms with Crippen molar-refractivity contribution in [3.63, 3.8) is 0 Å². The molecule has 0 aliphatic carbocycles. The molecule has 3 rings (SSSR count). The van der Waals surface area contributed by atoms with Gasteiger partial charge in [0, 0.05) is 0 Å². The topological polar surface area (TPSA) is 116 Å². The summed E-state index contributed by atoms with van der Waals surface area (Å²) >= 11 is 0. The van der Waals surface area contributed by atoms with Crippen LogP contribution in [0.5, 0.6) is 0 Å². The van der Waals surface area contributed by atoms with Gasteiger partial charge in [0.2, 0.25) is 0 Å². The molecule has 136 valence electrons. The first-order valence-electron chi connectivity index (χ1n) is 8.29. The molecule has 2 atom stereocenters. The summed E-state index contributed by atoms with van der Waals surface area (Å²) in [4.78, 5) is 24.1. The molecule has 0 unspecified atom stereocenters. The lowest BCUT2D eigenvalue weighted by Crippen LogP contribution is -2.22. The van der Waals surface area contributed by atoms with E-state index in [1.54, 1.807) is 25.4 Å². The summed E-state index contributed by atoms with van der Waals surface area (Å²) in [6.07, 6.45) is 3.69. The Morgan fingerprint density at radius 3 is 2.88 bits per heavy atom. The number of hydrogen-bond donors (Lipinski definition) is 2. The van der Waals surface area contributed by atoms with E-state index in [9.17, 15) is 9.90 Å². The maximum atomic E-state index is 11.7. The van der Waals surface area contributed by atoms with Crippen LogP contribution in [0.2, 0.25) is 0 Å². The number of nitrogens with two attached hydrogens (primary N) is 1. The second kappa shape index (κ2) is 7.49. The fourth-order valence-electron chi connectivity index (χ4n) is 3.01. The minimum atomic E-state index is -0.618. The van der Waals surface area contributed by atoms with Crippen LogP contribution in [-0.4, -0.2) is 43.8 Å². The predicted octanol–water partition coefficient (Wildman–Crippen LogP) is 1.75. The summed E-state index contributed by atoms with van der Waals surface area (Å²) in [6, 6.07) is 7.04. The molecule has 0 fully saturated rings. The van der Waals surface area contributed by atoms with Gasteiger partial charge >= 0.3 is 5.97 Å². The number of aromatic nitrogens is 4. The summed E-state index contributed by atoms with van der Waals surface area (Å²) in [6.45, 7) is 1.73. The number of anilines is 1. The molecule has 0 saturated carbocycles. The number of fused-ring (bicyclic) bond motifs is 1. The molecule has 2 heterocycles. The fraction of sp³-hybridized carbons (Fsp3) is 0.333. The highest BCUT2D eigenvalue weighted by Crippen LogP contribution is 2.25. The Kier molecular flexibility index (Phi) is 5.13.